The van der Waals surface area contributed by atoms with Gasteiger partial charge in [-0.2, -0.15) is 4.31 Å². The number of benzene rings is 1. The lowest BCUT2D eigenvalue weighted by molar-refractivity contribution is 0.0498. The van der Waals surface area contributed by atoms with Gasteiger partial charge in [-0.1, -0.05) is 11.6 Å². The van der Waals surface area contributed by atoms with Gasteiger partial charge in [-0.15, -0.1) is 0 Å². The van der Waals surface area contributed by atoms with Crippen LogP contribution >= 0.6 is 11.6 Å². The molecule has 3 saturated heterocycles. The Bertz CT molecular complexity index is 982. The molecule has 0 aliphatic carbocycles. The molecular formula is C22H30ClN3O5S. The van der Waals surface area contributed by atoms with Crippen molar-refractivity contribution in [2.45, 2.75) is 67.6 Å². The van der Waals surface area contributed by atoms with Gasteiger partial charge in [-0.05, 0) is 62.3 Å². The van der Waals surface area contributed by atoms with E-state index in [1.807, 2.05) is 0 Å². The monoisotopic (exact) mass is 483 g/mol. The highest BCUT2D eigenvalue weighted by molar-refractivity contribution is 7.89. The average molecular weight is 484 g/mol. The number of nitrogens with zero attached hydrogens (tertiary/aromatic N) is 3. The number of sulfonamides is 1. The summed E-state index contributed by atoms with van der Waals surface area (Å²) in [4.78, 5) is 17.1. The van der Waals surface area contributed by atoms with Gasteiger partial charge in [0.1, 0.15) is 6.61 Å². The van der Waals surface area contributed by atoms with Gasteiger partial charge >= 0.3 is 6.09 Å². The van der Waals surface area contributed by atoms with E-state index in [0.717, 1.165) is 50.8 Å². The number of carbonyl (C=O) groups excluding carboxylic acids is 1. The van der Waals surface area contributed by atoms with Crippen LogP contribution in [0, 0.1) is 0 Å². The Balaban J connectivity index is 1.19. The number of hydrogen-bond donors (Lipinski definition) is 1. The maximum absolute atomic E-state index is 13.2. The van der Waals surface area contributed by atoms with E-state index < -0.39 is 10.0 Å². The number of rotatable bonds is 3. The zero-order valence-corrected chi connectivity index (χ0v) is 19.6. The zero-order chi connectivity index (χ0) is 22.5. The van der Waals surface area contributed by atoms with Crippen molar-refractivity contribution in [3.8, 4) is 0 Å². The number of β-amino-alcohol motifs (C(OH)–C–C–N with tert-alkyl or cyclic N) is 1. The number of carbonyl (C=O) groups is 1. The first-order chi connectivity index (χ1) is 15.3. The Hall–Kier alpha value is -1.39. The van der Waals surface area contributed by atoms with E-state index in [9.17, 15) is 18.3 Å². The van der Waals surface area contributed by atoms with Crippen LogP contribution in [0.4, 0.5) is 4.79 Å². The van der Waals surface area contributed by atoms with Crippen LogP contribution in [0.25, 0.3) is 0 Å². The van der Waals surface area contributed by atoms with Gasteiger partial charge in [0.15, 0.2) is 0 Å². The van der Waals surface area contributed by atoms with Crippen LogP contribution in [-0.4, -0.2) is 84.7 Å². The third-order valence-electron chi connectivity index (χ3n) is 7.40. The smallest absolute Gasteiger partial charge is 0.409 e. The predicted octanol–water partition coefficient (Wildman–Crippen LogP) is 2.61. The third kappa shape index (κ3) is 4.03. The Morgan fingerprint density at radius 3 is 2.62 bits per heavy atom. The minimum Gasteiger partial charge on any atom is -0.448 e. The lowest BCUT2D eigenvalue weighted by atomic mass is 9.94. The lowest BCUT2D eigenvalue weighted by Gasteiger charge is -2.38. The van der Waals surface area contributed by atoms with Gasteiger partial charge < -0.3 is 14.7 Å². The van der Waals surface area contributed by atoms with Gasteiger partial charge in [-0.3, -0.25) is 4.90 Å². The molecule has 0 spiro atoms. The molecule has 3 fully saturated rings. The van der Waals surface area contributed by atoms with E-state index >= 15 is 0 Å². The molecule has 176 valence electrons. The van der Waals surface area contributed by atoms with E-state index in [-0.39, 0.29) is 30.9 Å². The van der Waals surface area contributed by atoms with Crippen LogP contribution in [0.5, 0.6) is 0 Å². The van der Waals surface area contributed by atoms with Crippen molar-refractivity contribution in [1.82, 2.24) is 14.1 Å². The molecule has 3 atom stereocenters. The maximum Gasteiger partial charge on any atom is 0.409 e. The average Bonchev–Trinajstić information content (AvgIpc) is 3.31. The van der Waals surface area contributed by atoms with Crippen LogP contribution in [0.1, 0.15) is 50.1 Å². The van der Waals surface area contributed by atoms with Crippen LogP contribution in [-0.2, 0) is 14.8 Å². The summed E-state index contributed by atoms with van der Waals surface area (Å²) in [5.74, 6) is 0. The first-order valence-corrected chi connectivity index (χ1v) is 13.3. The van der Waals surface area contributed by atoms with Crippen LogP contribution in [0.2, 0.25) is 5.02 Å². The van der Waals surface area contributed by atoms with Crippen LogP contribution in [0.15, 0.2) is 23.1 Å². The molecule has 1 aromatic carbocycles. The molecule has 4 aliphatic rings. The molecule has 1 amide bonds. The number of likely N-dealkylation sites (tertiary alicyclic amines) is 2. The Kier molecular flexibility index (Phi) is 6.13. The fourth-order valence-electron chi connectivity index (χ4n) is 5.77. The molecule has 1 aromatic rings. The Morgan fingerprint density at radius 2 is 1.91 bits per heavy atom. The SMILES string of the molecule is O=C(OC[C@H]1CCC[C@H]2c3cc(Cl)ccc3S(=O)(=O)N12)N1CCC(N2CCC(O)C2)CC1. The number of ether oxygens (including phenoxy) is 1. The number of fused-ring (bicyclic) bond motifs is 3. The molecular weight excluding hydrogens is 454 g/mol. The molecule has 8 nitrogen and oxygen atoms in total. The second-order valence-corrected chi connectivity index (χ2v) is 11.6. The summed E-state index contributed by atoms with van der Waals surface area (Å²) in [7, 11) is -3.62. The summed E-state index contributed by atoms with van der Waals surface area (Å²) in [6.07, 6.45) is 4.23. The number of aliphatic hydroxyl groups is 1. The molecule has 4 heterocycles. The first kappa shape index (κ1) is 22.4. The highest BCUT2D eigenvalue weighted by Crippen LogP contribution is 2.47. The predicted molar refractivity (Wildman–Crippen MR) is 119 cm³/mol. The summed E-state index contributed by atoms with van der Waals surface area (Å²) in [5, 5.41) is 10.3. The summed E-state index contributed by atoms with van der Waals surface area (Å²) < 4.78 is 33.5. The van der Waals surface area contributed by atoms with Gasteiger partial charge in [0, 0.05) is 37.2 Å². The molecule has 4 aliphatic heterocycles. The number of aliphatic hydroxyl groups excluding tert-OH is 1. The fraction of sp³-hybridized carbons (Fsp3) is 0.682. The van der Waals surface area contributed by atoms with E-state index in [0.29, 0.717) is 35.5 Å². The highest BCUT2D eigenvalue weighted by Gasteiger charge is 2.48. The summed E-state index contributed by atoms with van der Waals surface area (Å²) >= 11 is 6.13. The lowest BCUT2D eigenvalue weighted by Crippen LogP contribution is -2.48. The number of piperidine rings is 2. The van der Waals surface area contributed by atoms with Crippen LogP contribution in [0.3, 0.4) is 0 Å². The van der Waals surface area contributed by atoms with E-state index in [4.69, 9.17) is 16.3 Å². The minimum absolute atomic E-state index is 0.0640. The highest BCUT2D eigenvalue weighted by atomic mass is 35.5. The van der Waals surface area contributed by atoms with Crippen molar-refractivity contribution in [2.75, 3.05) is 32.8 Å². The second kappa shape index (κ2) is 8.76. The van der Waals surface area contributed by atoms with Crippen LogP contribution < -0.4 is 0 Å². The van der Waals surface area contributed by atoms with Crippen molar-refractivity contribution in [3.05, 3.63) is 28.8 Å². The largest absolute Gasteiger partial charge is 0.448 e. The molecule has 0 radical (unpaired) electrons. The molecule has 0 saturated carbocycles. The van der Waals surface area contributed by atoms with Gasteiger partial charge in [0.2, 0.25) is 10.0 Å². The van der Waals surface area contributed by atoms with Crippen molar-refractivity contribution >= 4 is 27.7 Å². The van der Waals surface area contributed by atoms with E-state index in [2.05, 4.69) is 4.90 Å². The Morgan fingerprint density at radius 1 is 1.12 bits per heavy atom. The van der Waals surface area contributed by atoms with E-state index in [1.165, 1.54) is 4.31 Å². The van der Waals surface area contributed by atoms with E-state index in [1.54, 1.807) is 23.1 Å². The van der Waals surface area contributed by atoms with Crippen molar-refractivity contribution in [1.29, 1.82) is 0 Å². The third-order valence-corrected chi connectivity index (χ3v) is 9.67. The molecule has 32 heavy (non-hydrogen) atoms. The summed E-state index contributed by atoms with van der Waals surface area (Å²) in [5.41, 5.74) is 0.752. The molecule has 1 N–H and O–H groups in total. The number of halogens is 1. The Labute approximate surface area is 194 Å². The quantitative estimate of drug-likeness (QED) is 0.710. The fourth-order valence-corrected chi connectivity index (χ4v) is 8.02. The molecule has 0 bridgehead atoms. The van der Waals surface area contributed by atoms with Crippen molar-refractivity contribution in [2.24, 2.45) is 0 Å². The number of hydrogen-bond acceptors (Lipinski definition) is 6. The van der Waals surface area contributed by atoms with Gasteiger partial charge in [0.25, 0.3) is 0 Å². The number of amides is 1. The van der Waals surface area contributed by atoms with Gasteiger partial charge in [0.05, 0.1) is 23.1 Å². The molecule has 10 heteroatoms. The molecule has 0 aromatic heterocycles. The first-order valence-electron chi connectivity index (χ1n) is 11.5. The zero-order valence-electron chi connectivity index (χ0n) is 18.0. The maximum atomic E-state index is 13.2. The summed E-state index contributed by atoms with van der Waals surface area (Å²) in [6, 6.07) is 4.73. The topological polar surface area (TPSA) is 90.4 Å². The molecule has 1 unspecified atom stereocenters. The second-order valence-electron chi connectivity index (χ2n) is 9.35. The summed E-state index contributed by atoms with van der Waals surface area (Å²) in [6.45, 7) is 2.94. The molecule has 5 rings (SSSR count). The minimum atomic E-state index is -3.62. The normalized spacial score (nSPS) is 30.8. The van der Waals surface area contributed by atoms with Crippen molar-refractivity contribution < 1.29 is 23.1 Å². The van der Waals surface area contributed by atoms with Crippen molar-refractivity contribution in [3.63, 3.8) is 0 Å². The standard InChI is InChI=1S/C22H30ClN3O5S/c23-15-4-5-21-19(12-15)20-3-1-2-17(26(20)32(21,29)30)14-31-22(28)24-9-6-16(7-10-24)25-11-8-18(27)13-25/h4-5,12,16-18,20,27H,1-3,6-11,13-14H2/t17-,18?,20+/m1/s1. The van der Waals surface area contributed by atoms with Gasteiger partial charge in [-0.25, -0.2) is 13.2 Å².